The predicted molar refractivity (Wildman–Crippen MR) is 41.1 cm³/mol. The Bertz CT molecular complexity index is 303. The maximum atomic E-state index is 11.1. The first-order valence-corrected chi connectivity index (χ1v) is 3.55. The molecule has 0 saturated carbocycles. The third-order valence-electron chi connectivity index (χ3n) is 1.34. The molecule has 0 aromatic carbocycles. The number of guanidine groups is 1. The molecule has 0 aromatic rings. The van der Waals surface area contributed by atoms with Gasteiger partial charge in [0, 0.05) is 6.92 Å². The molecule has 0 spiro atoms. The molecule has 14 heavy (non-hydrogen) atoms. The van der Waals surface area contributed by atoms with Crippen LogP contribution in [0.15, 0.2) is 5.16 Å². The summed E-state index contributed by atoms with van der Waals surface area (Å²) in [6.45, 7) is 1.07. The Balaban J connectivity index is 2.75. The van der Waals surface area contributed by atoms with E-state index in [1.54, 1.807) is 0 Å². The number of nitrogens with zero attached hydrogens (tertiary/aromatic N) is 1. The molecular formula is C6H7N3O5. The van der Waals surface area contributed by atoms with Crippen LogP contribution in [0.4, 0.5) is 0 Å². The molecule has 0 aromatic heterocycles. The zero-order chi connectivity index (χ0) is 10.7. The highest BCUT2D eigenvalue weighted by Crippen LogP contribution is 1.98. The van der Waals surface area contributed by atoms with Gasteiger partial charge in [0.1, 0.15) is 0 Å². The molecule has 0 unspecified atom stereocenters. The van der Waals surface area contributed by atoms with Crippen molar-refractivity contribution in [3.63, 3.8) is 0 Å². The van der Waals surface area contributed by atoms with E-state index in [1.807, 2.05) is 10.6 Å². The highest BCUT2D eigenvalue weighted by molar-refractivity contribution is 6.19. The number of carbonyl (C=O) groups excluding carboxylic acids is 3. The Hall–Kier alpha value is -2.12. The fraction of sp³-hybridized carbons (Fsp3) is 0.333. The van der Waals surface area contributed by atoms with Crippen LogP contribution in [0.2, 0.25) is 0 Å². The number of amides is 2. The van der Waals surface area contributed by atoms with Crippen molar-refractivity contribution in [2.45, 2.75) is 13.0 Å². The molecule has 0 radical (unpaired) electrons. The van der Waals surface area contributed by atoms with Crippen LogP contribution in [0.25, 0.3) is 0 Å². The minimum absolute atomic E-state index is 0.400. The molecule has 3 N–H and O–H groups in total. The van der Waals surface area contributed by atoms with Crippen LogP contribution >= 0.6 is 0 Å². The molecule has 1 heterocycles. The van der Waals surface area contributed by atoms with E-state index in [4.69, 9.17) is 5.21 Å². The summed E-state index contributed by atoms with van der Waals surface area (Å²) in [5, 5.41) is 14.8. The van der Waals surface area contributed by atoms with Crippen molar-refractivity contribution in [3.8, 4) is 0 Å². The Morgan fingerprint density at radius 3 is 2.29 bits per heavy atom. The standard InChI is InChI=1S/C6H7N3O5/c1-2(10)14-3-4(11)7-6(9-13)8-5(3)12/h3,13H,1H3,(H2,7,8,9,11,12). The van der Waals surface area contributed by atoms with Gasteiger partial charge in [-0.15, -0.1) is 0 Å². The van der Waals surface area contributed by atoms with E-state index in [0.29, 0.717) is 0 Å². The number of hydrogen-bond donors (Lipinski definition) is 3. The van der Waals surface area contributed by atoms with E-state index in [2.05, 4.69) is 9.89 Å². The summed E-state index contributed by atoms with van der Waals surface area (Å²) >= 11 is 0. The SMILES string of the molecule is CC(=O)OC1C(=O)NC(=NO)NC1=O. The normalized spacial score (nSPS) is 20.9. The van der Waals surface area contributed by atoms with E-state index in [1.165, 1.54) is 0 Å². The summed E-state index contributed by atoms with van der Waals surface area (Å²) in [7, 11) is 0. The number of hydrogen-bond acceptors (Lipinski definition) is 6. The Kier molecular flexibility index (Phi) is 2.65. The second kappa shape index (κ2) is 3.73. The molecule has 1 fully saturated rings. The van der Waals surface area contributed by atoms with Gasteiger partial charge in [0.25, 0.3) is 17.9 Å². The van der Waals surface area contributed by atoms with Gasteiger partial charge in [0.15, 0.2) is 0 Å². The van der Waals surface area contributed by atoms with Gasteiger partial charge in [-0.25, -0.2) is 0 Å². The Morgan fingerprint density at radius 2 is 1.93 bits per heavy atom. The third-order valence-corrected chi connectivity index (χ3v) is 1.34. The molecule has 1 aliphatic heterocycles. The number of nitrogens with one attached hydrogen (secondary N) is 2. The lowest BCUT2D eigenvalue weighted by molar-refractivity contribution is -0.160. The van der Waals surface area contributed by atoms with Crippen molar-refractivity contribution in [2.24, 2.45) is 5.16 Å². The minimum atomic E-state index is -1.54. The summed E-state index contributed by atoms with van der Waals surface area (Å²) in [6.07, 6.45) is -1.54. The van der Waals surface area contributed by atoms with Crippen LogP contribution in [0.1, 0.15) is 6.92 Å². The Labute approximate surface area is 77.9 Å². The molecule has 76 valence electrons. The monoisotopic (exact) mass is 201 g/mol. The average Bonchev–Trinajstić information content (AvgIpc) is 2.10. The molecular weight excluding hydrogens is 194 g/mol. The first-order chi connectivity index (χ1) is 6.54. The van der Waals surface area contributed by atoms with Crippen LogP contribution in [0, 0.1) is 0 Å². The molecule has 8 heteroatoms. The lowest BCUT2D eigenvalue weighted by Crippen LogP contribution is -2.60. The van der Waals surface area contributed by atoms with E-state index in [-0.39, 0.29) is 0 Å². The first-order valence-electron chi connectivity index (χ1n) is 3.55. The molecule has 1 saturated heterocycles. The summed E-state index contributed by atoms with van der Waals surface area (Å²) < 4.78 is 4.41. The molecule has 0 aliphatic carbocycles. The van der Waals surface area contributed by atoms with Crippen LogP contribution in [0.3, 0.4) is 0 Å². The number of esters is 1. The molecule has 0 atom stereocenters. The Morgan fingerprint density at radius 1 is 1.43 bits per heavy atom. The highest BCUT2D eigenvalue weighted by atomic mass is 16.6. The lowest BCUT2D eigenvalue weighted by atomic mass is 10.2. The maximum Gasteiger partial charge on any atom is 0.303 e. The summed E-state index contributed by atoms with van der Waals surface area (Å²) in [5.41, 5.74) is 0. The molecule has 1 rings (SSSR count). The van der Waals surface area contributed by atoms with Crippen molar-refractivity contribution in [1.29, 1.82) is 0 Å². The molecule has 2 amide bonds. The van der Waals surface area contributed by atoms with Crippen molar-refractivity contribution in [3.05, 3.63) is 0 Å². The van der Waals surface area contributed by atoms with Crippen molar-refractivity contribution in [2.75, 3.05) is 0 Å². The van der Waals surface area contributed by atoms with Crippen molar-refractivity contribution >= 4 is 23.7 Å². The second-order valence-electron chi connectivity index (χ2n) is 2.42. The topological polar surface area (TPSA) is 117 Å². The zero-order valence-corrected chi connectivity index (χ0v) is 7.10. The average molecular weight is 201 g/mol. The molecule has 0 bridgehead atoms. The minimum Gasteiger partial charge on any atom is -0.442 e. The van der Waals surface area contributed by atoms with Gasteiger partial charge in [-0.3, -0.25) is 25.0 Å². The van der Waals surface area contributed by atoms with Crippen molar-refractivity contribution < 1.29 is 24.3 Å². The largest absolute Gasteiger partial charge is 0.442 e. The van der Waals surface area contributed by atoms with Crippen LogP contribution in [-0.2, 0) is 19.1 Å². The highest BCUT2D eigenvalue weighted by Gasteiger charge is 2.36. The first kappa shape index (κ1) is 9.96. The van der Waals surface area contributed by atoms with Gasteiger partial charge in [-0.2, -0.15) is 0 Å². The van der Waals surface area contributed by atoms with Gasteiger partial charge in [0.2, 0.25) is 5.96 Å². The summed E-state index contributed by atoms with van der Waals surface area (Å²) in [4.78, 5) is 32.6. The van der Waals surface area contributed by atoms with E-state index in [9.17, 15) is 14.4 Å². The lowest BCUT2D eigenvalue weighted by Gasteiger charge is -2.21. The van der Waals surface area contributed by atoms with Gasteiger partial charge >= 0.3 is 5.97 Å². The predicted octanol–water partition coefficient (Wildman–Crippen LogP) is -2.09. The molecule has 1 aliphatic rings. The van der Waals surface area contributed by atoms with Crippen molar-refractivity contribution in [1.82, 2.24) is 10.6 Å². The zero-order valence-electron chi connectivity index (χ0n) is 7.10. The fourth-order valence-electron chi connectivity index (χ4n) is 0.838. The number of rotatable bonds is 1. The number of ether oxygens (including phenoxy) is 1. The third kappa shape index (κ3) is 1.97. The quantitative estimate of drug-likeness (QED) is 0.194. The number of carbonyl (C=O) groups is 3. The van der Waals surface area contributed by atoms with Gasteiger partial charge < -0.3 is 9.94 Å². The van der Waals surface area contributed by atoms with Crippen LogP contribution < -0.4 is 10.6 Å². The molecule has 8 nitrogen and oxygen atoms in total. The van der Waals surface area contributed by atoms with Gasteiger partial charge in [-0.05, 0) is 0 Å². The number of oxime groups is 1. The van der Waals surface area contributed by atoms with E-state index < -0.39 is 29.8 Å². The summed E-state index contributed by atoms with van der Waals surface area (Å²) in [6, 6.07) is 0. The second-order valence-corrected chi connectivity index (χ2v) is 2.42. The van der Waals surface area contributed by atoms with Crippen LogP contribution in [-0.4, -0.2) is 35.1 Å². The van der Waals surface area contributed by atoms with Crippen LogP contribution in [0.5, 0.6) is 0 Å². The smallest absolute Gasteiger partial charge is 0.303 e. The van der Waals surface area contributed by atoms with Gasteiger partial charge in [0.05, 0.1) is 0 Å². The van der Waals surface area contributed by atoms with E-state index >= 15 is 0 Å². The fourth-order valence-corrected chi connectivity index (χ4v) is 0.838. The van der Waals surface area contributed by atoms with E-state index in [0.717, 1.165) is 6.92 Å². The summed E-state index contributed by atoms with van der Waals surface area (Å²) in [5.74, 6) is -2.89. The maximum absolute atomic E-state index is 11.1. The van der Waals surface area contributed by atoms with Gasteiger partial charge in [-0.1, -0.05) is 5.16 Å².